The molecule has 0 spiro atoms. The van der Waals surface area contributed by atoms with Gasteiger partial charge in [-0.15, -0.1) is 0 Å². The quantitative estimate of drug-likeness (QED) is 0.829. The van der Waals surface area contributed by atoms with E-state index >= 15 is 0 Å². The lowest BCUT2D eigenvalue weighted by Gasteiger charge is -2.15. The molecule has 0 saturated carbocycles. The van der Waals surface area contributed by atoms with E-state index in [4.69, 9.17) is 10.5 Å². The van der Waals surface area contributed by atoms with E-state index in [2.05, 4.69) is 40.2 Å². The van der Waals surface area contributed by atoms with Gasteiger partial charge in [0.05, 0.1) is 6.61 Å². The highest BCUT2D eigenvalue weighted by Crippen LogP contribution is 2.16. The second-order valence-electron chi connectivity index (χ2n) is 4.88. The van der Waals surface area contributed by atoms with Crippen molar-refractivity contribution in [3.05, 3.63) is 64.6 Å². The molecule has 0 aromatic heterocycles. The van der Waals surface area contributed by atoms with Gasteiger partial charge < -0.3 is 10.5 Å². The molecule has 1 atom stereocenters. The molecule has 0 aliphatic carbocycles. The number of benzene rings is 2. The molecular formula is C17H20BrNO. The van der Waals surface area contributed by atoms with E-state index < -0.39 is 0 Å². The highest BCUT2D eigenvalue weighted by molar-refractivity contribution is 9.10. The Balaban J connectivity index is 1.79. The van der Waals surface area contributed by atoms with E-state index in [-0.39, 0.29) is 0 Å². The number of hydrogen-bond donors (Lipinski definition) is 1. The monoisotopic (exact) mass is 333 g/mol. The zero-order chi connectivity index (χ0) is 14.2. The van der Waals surface area contributed by atoms with Gasteiger partial charge in [0.25, 0.3) is 0 Å². The van der Waals surface area contributed by atoms with E-state index in [9.17, 15) is 0 Å². The summed E-state index contributed by atoms with van der Waals surface area (Å²) in [5, 5.41) is 0. The molecule has 0 saturated heterocycles. The van der Waals surface area contributed by atoms with Crippen LogP contribution in [0.4, 0.5) is 0 Å². The fourth-order valence-electron chi connectivity index (χ4n) is 2.12. The van der Waals surface area contributed by atoms with Crippen LogP contribution in [0, 0.1) is 5.92 Å². The molecule has 106 valence electrons. The molecule has 2 N–H and O–H groups in total. The van der Waals surface area contributed by atoms with Crippen LogP contribution in [0.15, 0.2) is 59.1 Å². The summed E-state index contributed by atoms with van der Waals surface area (Å²) in [4.78, 5) is 0. The third-order valence-corrected chi connectivity index (χ3v) is 3.84. The van der Waals surface area contributed by atoms with Crippen LogP contribution in [0.3, 0.4) is 0 Å². The number of ether oxygens (including phenoxy) is 1. The summed E-state index contributed by atoms with van der Waals surface area (Å²) in [5.41, 5.74) is 7.19. The zero-order valence-corrected chi connectivity index (χ0v) is 13.1. The first-order valence-corrected chi connectivity index (χ1v) is 7.69. The Morgan fingerprint density at radius 1 is 1.00 bits per heavy atom. The highest BCUT2D eigenvalue weighted by atomic mass is 79.9. The van der Waals surface area contributed by atoms with Crippen molar-refractivity contribution < 1.29 is 4.74 Å². The highest BCUT2D eigenvalue weighted by Gasteiger charge is 2.08. The normalized spacial score (nSPS) is 12.1. The minimum atomic E-state index is 0.458. The van der Waals surface area contributed by atoms with E-state index in [0.29, 0.717) is 19.1 Å². The molecule has 2 aromatic carbocycles. The predicted molar refractivity (Wildman–Crippen MR) is 86.9 cm³/mol. The lowest BCUT2D eigenvalue weighted by molar-refractivity contribution is 0.279. The summed E-state index contributed by atoms with van der Waals surface area (Å²) in [5.74, 6) is 1.38. The molecule has 0 heterocycles. The molecule has 0 radical (unpaired) electrons. The Bertz CT molecular complexity index is 498. The number of nitrogens with two attached hydrogens (primary N) is 1. The van der Waals surface area contributed by atoms with Gasteiger partial charge in [0.15, 0.2) is 0 Å². The van der Waals surface area contributed by atoms with Gasteiger partial charge in [0, 0.05) is 4.47 Å². The van der Waals surface area contributed by atoms with Crippen molar-refractivity contribution in [3.8, 4) is 5.75 Å². The fraction of sp³-hybridized carbons (Fsp3) is 0.294. The molecule has 0 aliphatic rings. The number of rotatable bonds is 7. The van der Waals surface area contributed by atoms with E-state index in [1.54, 1.807) is 0 Å². The smallest absolute Gasteiger partial charge is 0.119 e. The average Bonchev–Trinajstić information content (AvgIpc) is 2.49. The van der Waals surface area contributed by atoms with E-state index in [0.717, 1.165) is 23.1 Å². The average molecular weight is 334 g/mol. The van der Waals surface area contributed by atoms with E-state index in [1.807, 2.05) is 30.3 Å². The SMILES string of the molecule is NCC(CCOc1ccccc1)Cc1ccc(Br)cc1. The van der Waals surface area contributed by atoms with Gasteiger partial charge >= 0.3 is 0 Å². The standard InChI is InChI=1S/C17H20BrNO/c18-16-8-6-14(7-9-16)12-15(13-19)10-11-20-17-4-2-1-3-5-17/h1-9,15H,10-13,19H2. The topological polar surface area (TPSA) is 35.2 Å². The maximum atomic E-state index is 5.87. The van der Waals surface area contributed by atoms with Crippen molar-refractivity contribution in [3.63, 3.8) is 0 Å². The third-order valence-electron chi connectivity index (χ3n) is 3.31. The number of para-hydroxylation sites is 1. The van der Waals surface area contributed by atoms with Crippen LogP contribution in [0.5, 0.6) is 5.75 Å². The van der Waals surface area contributed by atoms with Crippen LogP contribution in [0.2, 0.25) is 0 Å². The van der Waals surface area contributed by atoms with Gasteiger partial charge in [0.1, 0.15) is 5.75 Å². The van der Waals surface area contributed by atoms with Crippen LogP contribution in [0.25, 0.3) is 0 Å². The van der Waals surface area contributed by atoms with Crippen LogP contribution in [0.1, 0.15) is 12.0 Å². The van der Waals surface area contributed by atoms with Crippen molar-refractivity contribution in [1.29, 1.82) is 0 Å². The summed E-state index contributed by atoms with van der Waals surface area (Å²) in [6, 6.07) is 18.3. The lowest BCUT2D eigenvalue weighted by Crippen LogP contribution is -2.19. The molecule has 20 heavy (non-hydrogen) atoms. The van der Waals surface area contributed by atoms with Crippen molar-refractivity contribution in [2.75, 3.05) is 13.2 Å². The second kappa shape index (κ2) is 8.08. The summed E-state index contributed by atoms with van der Waals surface area (Å²) in [6.45, 7) is 1.40. The number of halogens is 1. The van der Waals surface area contributed by atoms with Gasteiger partial charge in [-0.3, -0.25) is 0 Å². The van der Waals surface area contributed by atoms with Crippen LogP contribution in [-0.2, 0) is 6.42 Å². The van der Waals surface area contributed by atoms with Gasteiger partial charge in [-0.1, -0.05) is 46.3 Å². The van der Waals surface area contributed by atoms with Crippen molar-refractivity contribution in [1.82, 2.24) is 0 Å². The first kappa shape index (κ1) is 15.1. The first-order valence-electron chi connectivity index (χ1n) is 6.90. The van der Waals surface area contributed by atoms with Crippen molar-refractivity contribution in [2.45, 2.75) is 12.8 Å². The molecule has 2 rings (SSSR count). The Morgan fingerprint density at radius 2 is 1.70 bits per heavy atom. The van der Waals surface area contributed by atoms with Gasteiger partial charge in [-0.25, -0.2) is 0 Å². The van der Waals surface area contributed by atoms with Crippen molar-refractivity contribution in [2.24, 2.45) is 11.7 Å². The Labute approximate surface area is 129 Å². The molecule has 0 amide bonds. The maximum Gasteiger partial charge on any atom is 0.119 e. The largest absolute Gasteiger partial charge is 0.494 e. The molecule has 1 unspecified atom stereocenters. The molecular weight excluding hydrogens is 314 g/mol. The summed E-state index contributed by atoms with van der Waals surface area (Å²) >= 11 is 3.45. The zero-order valence-electron chi connectivity index (χ0n) is 11.5. The van der Waals surface area contributed by atoms with Crippen molar-refractivity contribution >= 4 is 15.9 Å². The van der Waals surface area contributed by atoms with Gasteiger partial charge in [-0.2, -0.15) is 0 Å². The van der Waals surface area contributed by atoms with Crippen LogP contribution < -0.4 is 10.5 Å². The Kier molecular flexibility index (Phi) is 6.09. The number of hydrogen-bond acceptors (Lipinski definition) is 2. The second-order valence-corrected chi connectivity index (χ2v) is 5.80. The molecule has 2 aromatic rings. The molecule has 3 heteroatoms. The summed E-state index contributed by atoms with van der Waals surface area (Å²) in [7, 11) is 0. The van der Waals surface area contributed by atoms with Gasteiger partial charge in [-0.05, 0) is 55.1 Å². The van der Waals surface area contributed by atoms with Gasteiger partial charge in [0.2, 0.25) is 0 Å². The Morgan fingerprint density at radius 3 is 2.35 bits per heavy atom. The maximum absolute atomic E-state index is 5.87. The minimum Gasteiger partial charge on any atom is -0.494 e. The first-order chi connectivity index (χ1) is 9.78. The van der Waals surface area contributed by atoms with E-state index in [1.165, 1.54) is 5.56 Å². The molecule has 2 nitrogen and oxygen atoms in total. The fourth-order valence-corrected chi connectivity index (χ4v) is 2.38. The minimum absolute atomic E-state index is 0.458. The third kappa shape index (κ3) is 4.99. The lowest BCUT2D eigenvalue weighted by atomic mass is 9.97. The van der Waals surface area contributed by atoms with Crippen LogP contribution in [-0.4, -0.2) is 13.2 Å². The molecule has 0 bridgehead atoms. The van der Waals surface area contributed by atoms with Crippen LogP contribution >= 0.6 is 15.9 Å². The molecule has 0 aliphatic heterocycles. The summed E-state index contributed by atoms with van der Waals surface area (Å²) < 4.78 is 6.84. The summed E-state index contributed by atoms with van der Waals surface area (Å²) in [6.07, 6.45) is 1.98. The predicted octanol–water partition coefficient (Wildman–Crippen LogP) is 4.04. The Hall–Kier alpha value is -1.32. The molecule has 0 fully saturated rings.